The third-order valence-corrected chi connectivity index (χ3v) is 3.24. The molecule has 1 saturated carbocycles. The van der Waals surface area contributed by atoms with Crippen molar-refractivity contribution in [1.82, 2.24) is 9.97 Å². The Morgan fingerprint density at radius 3 is 2.80 bits per heavy atom. The molecule has 0 aromatic carbocycles. The summed E-state index contributed by atoms with van der Waals surface area (Å²) >= 11 is 0. The van der Waals surface area contributed by atoms with Crippen LogP contribution in [-0.2, 0) is 0 Å². The molecule has 0 spiro atoms. The second kappa shape index (κ2) is 3.68. The maximum absolute atomic E-state index is 11.3. The summed E-state index contributed by atoms with van der Waals surface area (Å²) < 4.78 is 0. The van der Waals surface area contributed by atoms with Crippen molar-refractivity contribution in [3.05, 3.63) is 22.2 Å². The van der Waals surface area contributed by atoms with Crippen molar-refractivity contribution < 1.29 is 0 Å². The molecule has 2 N–H and O–H groups in total. The second-order valence-corrected chi connectivity index (χ2v) is 4.33. The summed E-state index contributed by atoms with van der Waals surface area (Å²) in [6, 6.07) is 1.53. The van der Waals surface area contributed by atoms with Gasteiger partial charge in [-0.2, -0.15) is 0 Å². The summed E-state index contributed by atoms with van der Waals surface area (Å²) in [4.78, 5) is 18.2. The van der Waals surface area contributed by atoms with E-state index in [-0.39, 0.29) is 11.1 Å². The second-order valence-electron chi connectivity index (χ2n) is 4.33. The minimum Gasteiger partial charge on any atom is -0.364 e. The van der Waals surface area contributed by atoms with E-state index in [4.69, 9.17) is 0 Å². The Hall–Kier alpha value is -1.32. The van der Waals surface area contributed by atoms with Crippen LogP contribution in [0.4, 0.5) is 5.82 Å². The standard InChI is InChI=1S/C11H17N3O/c1-3-11(5-4-6-11)14-9-7-10(15)13-8(2)12-9/h7H,3-6H2,1-2H3,(H2,12,13,14,15). The maximum atomic E-state index is 11.3. The van der Waals surface area contributed by atoms with Gasteiger partial charge in [-0.1, -0.05) is 6.92 Å². The number of aryl methyl sites for hydroxylation is 1. The zero-order chi connectivity index (χ0) is 10.9. The largest absolute Gasteiger partial charge is 0.364 e. The van der Waals surface area contributed by atoms with E-state index in [2.05, 4.69) is 22.2 Å². The van der Waals surface area contributed by atoms with Crippen molar-refractivity contribution in [2.24, 2.45) is 0 Å². The maximum Gasteiger partial charge on any atom is 0.252 e. The SMILES string of the molecule is CCC1(Nc2cc(=O)[nH]c(C)n2)CCC1. The number of hydrogen-bond donors (Lipinski definition) is 2. The quantitative estimate of drug-likeness (QED) is 0.795. The summed E-state index contributed by atoms with van der Waals surface area (Å²) in [5.41, 5.74) is 0.100. The van der Waals surface area contributed by atoms with Gasteiger partial charge in [0.15, 0.2) is 0 Å². The van der Waals surface area contributed by atoms with Crippen LogP contribution in [0, 0.1) is 6.92 Å². The van der Waals surface area contributed by atoms with Crippen LogP contribution in [0.5, 0.6) is 0 Å². The molecule has 15 heavy (non-hydrogen) atoms. The van der Waals surface area contributed by atoms with Gasteiger partial charge >= 0.3 is 0 Å². The molecule has 1 aliphatic carbocycles. The first-order valence-electron chi connectivity index (χ1n) is 5.50. The average Bonchev–Trinajstić information content (AvgIpc) is 2.10. The summed E-state index contributed by atoms with van der Waals surface area (Å²) in [6.07, 6.45) is 4.71. The number of aromatic amines is 1. The van der Waals surface area contributed by atoms with Crippen LogP contribution < -0.4 is 10.9 Å². The van der Waals surface area contributed by atoms with Gasteiger partial charge in [0.2, 0.25) is 0 Å². The van der Waals surface area contributed by atoms with Gasteiger partial charge in [0.05, 0.1) is 0 Å². The number of hydrogen-bond acceptors (Lipinski definition) is 3. The minimum absolute atomic E-state index is 0.0874. The van der Waals surface area contributed by atoms with Crippen molar-refractivity contribution in [1.29, 1.82) is 0 Å². The van der Waals surface area contributed by atoms with Crippen molar-refractivity contribution in [3.8, 4) is 0 Å². The lowest BCUT2D eigenvalue weighted by Gasteiger charge is -2.42. The first kappa shape index (κ1) is 10.2. The molecule has 1 fully saturated rings. The van der Waals surface area contributed by atoms with Gasteiger partial charge < -0.3 is 10.3 Å². The van der Waals surface area contributed by atoms with Gasteiger partial charge in [0.25, 0.3) is 5.56 Å². The fourth-order valence-corrected chi connectivity index (χ4v) is 2.09. The lowest BCUT2D eigenvalue weighted by atomic mass is 9.75. The molecule has 0 atom stereocenters. The molecule has 1 aromatic heterocycles. The average molecular weight is 207 g/mol. The Morgan fingerprint density at radius 1 is 1.60 bits per heavy atom. The Balaban J connectivity index is 2.20. The summed E-state index contributed by atoms with van der Waals surface area (Å²) in [7, 11) is 0. The van der Waals surface area contributed by atoms with Crippen LogP contribution in [0.25, 0.3) is 0 Å². The van der Waals surface area contributed by atoms with E-state index in [0.717, 1.165) is 6.42 Å². The van der Waals surface area contributed by atoms with E-state index >= 15 is 0 Å². The highest BCUT2D eigenvalue weighted by Gasteiger charge is 2.35. The van der Waals surface area contributed by atoms with Crippen LogP contribution in [0.1, 0.15) is 38.4 Å². The van der Waals surface area contributed by atoms with Gasteiger partial charge in [-0.25, -0.2) is 4.98 Å². The number of aromatic nitrogens is 2. The molecule has 1 aromatic rings. The van der Waals surface area contributed by atoms with E-state index in [9.17, 15) is 4.79 Å². The van der Waals surface area contributed by atoms with Gasteiger partial charge in [0, 0.05) is 11.6 Å². The monoisotopic (exact) mass is 207 g/mol. The fourth-order valence-electron chi connectivity index (χ4n) is 2.09. The molecule has 0 aliphatic heterocycles. The molecule has 1 heterocycles. The molecule has 0 unspecified atom stereocenters. The van der Waals surface area contributed by atoms with Crippen molar-refractivity contribution in [3.63, 3.8) is 0 Å². The summed E-state index contributed by atoms with van der Waals surface area (Å²) in [5.74, 6) is 1.37. The minimum atomic E-state index is -0.0874. The topological polar surface area (TPSA) is 57.8 Å². The van der Waals surface area contributed by atoms with Crippen LogP contribution in [0.15, 0.2) is 10.9 Å². The van der Waals surface area contributed by atoms with Crippen LogP contribution in [-0.4, -0.2) is 15.5 Å². The van der Waals surface area contributed by atoms with Crippen molar-refractivity contribution in [2.45, 2.75) is 45.1 Å². The van der Waals surface area contributed by atoms with Gasteiger partial charge in [-0.3, -0.25) is 4.79 Å². The van der Waals surface area contributed by atoms with Crippen LogP contribution in [0.3, 0.4) is 0 Å². The number of nitrogens with one attached hydrogen (secondary N) is 2. The molecule has 0 saturated heterocycles. The molecule has 0 amide bonds. The number of nitrogens with zero attached hydrogens (tertiary/aromatic N) is 1. The first-order valence-corrected chi connectivity index (χ1v) is 5.50. The highest BCUT2D eigenvalue weighted by Crippen LogP contribution is 2.37. The van der Waals surface area contributed by atoms with Crippen molar-refractivity contribution in [2.75, 3.05) is 5.32 Å². The first-order chi connectivity index (χ1) is 7.13. The third-order valence-electron chi connectivity index (χ3n) is 3.24. The molecule has 0 radical (unpaired) electrons. The number of H-pyrrole nitrogens is 1. The molecule has 4 nitrogen and oxygen atoms in total. The highest BCUT2D eigenvalue weighted by molar-refractivity contribution is 5.37. The molecular weight excluding hydrogens is 190 g/mol. The highest BCUT2D eigenvalue weighted by atomic mass is 16.1. The Labute approximate surface area is 89.1 Å². The Kier molecular flexibility index (Phi) is 2.50. The predicted octanol–water partition coefficient (Wildman–Crippen LogP) is 1.82. The zero-order valence-electron chi connectivity index (χ0n) is 9.26. The Morgan fingerprint density at radius 2 is 2.33 bits per heavy atom. The molecule has 82 valence electrons. The smallest absolute Gasteiger partial charge is 0.252 e. The normalized spacial score (nSPS) is 18.3. The van der Waals surface area contributed by atoms with Gasteiger partial charge in [-0.15, -0.1) is 0 Å². The number of anilines is 1. The van der Waals surface area contributed by atoms with Crippen LogP contribution in [0.2, 0.25) is 0 Å². The Bertz CT molecular complexity index is 401. The number of rotatable bonds is 3. The molecule has 4 heteroatoms. The predicted molar refractivity (Wildman–Crippen MR) is 60.1 cm³/mol. The fraction of sp³-hybridized carbons (Fsp3) is 0.636. The van der Waals surface area contributed by atoms with E-state index in [1.807, 2.05) is 0 Å². The molecule has 2 rings (SSSR count). The molecule has 1 aliphatic rings. The van der Waals surface area contributed by atoms with E-state index < -0.39 is 0 Å². The molecule has 0 bridgehead atoms. The molecular formula is C11H17N3O. The third kappa shape index (κ3) is 2.03. The van der Waals surface area contributed by atoms with Crippen LogP contribution >= 0.6 is 0 Å². The summed E-state index contributed by atoms with van der Waals surface area (Å²) in [5, 5.41) is 3.39. The van der Waals surface area contributed by atoms with E-state index in [1.54, 1.807) is 6.92 Å². The van der Waals surface area contributed by atoms with E-state index in [1.165, 1.54) is 25.3 Å². The summed E-state index contributed by atoms with van der Waals surface area (Å²) in [6.45, 7) is 3.97. The zero-order valence-corrected chi connectivity index (χ0v) is 9.26. The van der Waals surface area contributed by atoms with Crippen molar-refractivity contribution >= 4 is 5.82 Å². The van der Waals surface area contributed by atoms with Gasteiger partial charge in [-0.05, 0) is 32.6 Å². The lowest BCUT2D eigenvalue weighted by molar-refractivity contribution is 0.268. The lowest BCUT2D eigenvalue weighted by Crippen LogP contribution is -2.44. The van der Waals surface area contributed by atoms with E-state index in [0.29, 0.717) is 11.6 Å². The van der Waals surface area contributed by atoms with Gasteiger partial charge in [0.1, 0.15) is 11.6 Å².